The predicted molar refractivity (Wildman–Crippen MR) is 68.2 cm³/mol. The number of hydrogen-bond donors (Lipinski definition) is 0. The first-order valence-electron chi connectivity index (χ1n) is 5.31. The molecular weight excluding hydrogens is 234 g/mol. The van der Waals surface area contributed by atoms with E-state index in [1.54, 1.807) is 6.20 Å². The van der Waals surface area contributed by atoms with Crippen molar-refractivity contribution in [3.8, 4) is 11.3 Å². The van der Waals surface area contributed by atoms with Crippen molar-refractivity contribution in [1.82, 2.24) is 14.4 Å². The summed E-state index contributed by atoms with van der Waals surface area (Å²) in [5.74, 6) is 0.619. The van der Waals surface area contributed by atoms with Gasteiger partial charge in [0.25, 0.3) is 0 Å². The van der Waals surface area contributed by atoms with Crippen molar-refractivity contribution < 1.29 is 0 Å². The molecule has 3 aromatic rings. The molecule has 0 bridgehead atoms. The van der Waals surface area contributed by atoms with Gasteiger partial charge in [0.15, 0.2) is 5.15 Å². The molecular formula is C13H10ClN3. The molecule has 0 aliphatic rings. The lowest BCUT2D eigenvalue weighted by atomic mass is 10.1. The minimum Gasteiger partial charge on any atom is -0.282 e. The highest BCUT2D eigenvalue weighted by molar-refractivity contribution is 6.32. The van der Waals surface area contributed by atoms with Crippen LogP contribution in [0.3, 0.4) is 0 Å². The van der Waals surface area contributed by atoms with Crippen LogP contribution in [0.4, 0.5) is 0 Å². The van der Waals surface area contributed by atoms with Crippen LogP contribution in [-0.2, 0) is 0 Å². The third-order valence-electron chi connectivity index (χ3n) is 2.69. The van der Waals surface area contributed by atoms with Gasteiger partial charge in [0.2, 0.25) is 5.78 Å². The summed E-state index contributed by atoms with van der Waals surface area (Å²) >= 11 is 6.17. The molecule has 0 saturated carbocycles. The van der Waals surface area contributed by atoms with Crippen LogP contribution >= 0.6 is 11.6 Å². The average Bonchev–Trinajstić information content (AvgIpc) is 2.66. The number of benzene rings is 1. The zero-order valence-electron chi connectivity index (χ0n) is 9.26. The van der Waals surface area contributed by atoms with Gasteiger partial charge in [-0.25, -0.2) is 4.98 Å². The van der Waals surface area contributed by atoms with E-state index in [1.807, 2.05) is 28.8 Å². The van der Waals surface area contributed by atoms with Gasteiger partial charge in [-0.2, -0.15) is 4.98 Å². The van der Waals surface area contributed by atoms with Crippen LogP contribution < -0.4 is 0 Å². The lowest BCUT2D eigenvalue weighted by Crippen LogP contribution is -1.89. The lowest BCUT2D eigenvalue weighted by molar-refractivity contribution is 1.11. The highest BCUT2D eigenvalue weighted by Crippen LogP contribution is 2.28. The summed E-state index contributed by atoms with van der Waals surface area (Å²) in [6, 6.07) is 10.1. The zero-order chi connectivity index (χ0) is 11.8. The van der Waals surface area contributed by atoms with Crippen molar-refractivity contribution in [3.05, 3.63) is 53.4 Å². The van der Waals surface area contributed by atoms with Crippen LogP contribution in [0.1, 0.15) is 5.56 Å². The summed E-state index contributed by atoms with van der Waals surface area (Å²) in [6.45, 7) is 2.06. The molecule has 0 N–H and O–H groups in total. The van der Waals surface area contributed by atoms with Gasteiger partial charge in [0.05, 0.1) is 5.69 Å². The number of hydrogen-bond acceptors (Lipinski definition) is 2. The Kier molecular flexibility index (Phi) is 2.34. The van der Waals surface area contributed by atoms with Gasteiger partial charge in [0, 0.05) is 18.0 Å². The van der Waals surface area contributed by atoms with Gasteiger partial charge < -0.3 is 0 Å². The van der Waals surface area contributed by atoms with Gasteiger partial charge in [0.1, 0.15) is 0 Å². The third-order valence-corrected chi connectivity index (χ3v) is 2.95. The van der Waals surface area contributed by atoms with Crippen LogP contribution in [0.15, 0.2) is 42.7 Å². The average molecular weight is 244 g/mol. The quantitative estimate of drug-likeness (QED) is 0.656. The molecule has 0 spiro atoms. The molecule has 0 fully saturated rings. The standard InChI is InChI=1S/C13H10ClN3/c1-9-3-5-10(6-4-9)11-12(14)16-13-15-7-2-8-17(11)13/h2-8H,1H3. The second-order valence-electron chi connectivity index (χ2n) is 3.91. The summed E-state index contributed by atoms with van der Waals surface area (Å²) in [5.41, 5.74) is 3.15. The maximum atomic E-state index is 6.17. The number of halogens is 1. The number of nitrogens with zero attached hydrogens (tertiary/aromatic N) is 3. The molecule has 1 aromatic carbocycles. The molecule has 0 radical (unpaired) electrons. The summed E-state index contributed by atoms with van der Waals surface area (Å²) in [7, 11) is 0. The Labute approximate surface area is 104 Å². The topological polar surface area (TPSA) is 30.2 Å². The van der Waals surface area contributed by atoms with Gasteiger partial charge in [-0.1, -0.05) is 41.4 Å². The maximum absolute atomic E-state index is 6.17. The number of aryl methyl sites for hydroxylation is 1. The first kappa shape index (κ1) is 10.3. The summed E-state index contributed by atoms with van der Waals surface area (Å²) in [4.78, 5) is 8.40. The molecule has 0 aliphatic heterocycles. The normalized spacial score (nSPS) is 10.9. The van der Waals surface area contributed by atoms with E-state index >= 15 is 0 Å². The summed E-state index contributed by atoms with van der Waals surface area (Å²) < 4.78 is 1.90. The fourth-order valence-electron chi connectivity index (χ4n) is 1.83. The predicted octanol–water partition coefficient (Wildman–Crippen LogP) is 3.36. The van der Waals surface area contributed by atoms with Gasteiger partial charge in [-0.15, -0.1) is 0 Å². The van der Waals surface area contributed by atoms with E-state index in [0.717, 1.165) is 11.3 Å². The molecule has 2 aromatic heterocycles. The highest BCUT2D eigenvalue weighted by atomic mass is 35.5. The van der Waals surface area contributed by atoms with Crippen molar-refractivity contribution in [2.24, 2.45) is 0 Å². The van der Waals surface area contributed by atoms with Crippen molar-refractivity contribution in [2.75, 3.05) is 0 Å². The van der Waals surface area contributed by atoms with Crippen LogP contribution in [0.2, 0.25) is 5.15 Å². The van der Waals surface area contributed by atoms with Crippen LogP contribution in [-0.4, -0.2) is 14.4 Å². The molecule has 0 atom stereocenters. The van der Waals surface area contributed by atoms with Gasteiger partial charge in [-0.3, -0.25) is 4.40 Å². The Morgan fingerprint density at radius 2 is 1.94 bits per heavy atom. The number of imidazole rings is 1. The molecule has 0 unspecified atom stereocenters. The molecule has 0 saturated heterocycles. The molecule has 2 heterocycles. The van der Waals surface area contributed by atoms with Gasteiger partial charge >= 0.3 is 0 Å². The van der Waals surface area contributed by atoms with Crippen LogP contribution in [0, 0.1) is 6.92 Å². The molecule has 0 aliphatic carbocycles. The number of aromatic nitrogens is 3. The Morgan fingerprint density at radius 3 is 2.71 bits per heavy atom. The van der Waals surface area contributed by atoms with E-state index in [2.05, 4.69) is 29.0 Å². The highest BCUT2D eigenvalue weighted by Gasteiger charge is 2.12. The van der Waals surface area contributed by atoms with E-state index in [9.17, 15) is 0 Å². The molecule has 3 nitrogen and oxygen atoms in total. The molecule has 17 heavy (non-hydrogen) atoms. The SMILES string of the molecule is Cc1ccc(-c2c(Cl)nc3ncccn23)cc1. The van der Waals surface area contributed by atoms with Crippen molar-refractivity contribution in [2.45, 2.75) is 6.92 Å². The number of rotatable bonds is 1. The monoisotopic (exact) mass is 243 g/mol. The fraction of sp³-hybridized carbons (Fsp3) is 0.0769. The van der Waals surface area contributed by atoms with Crippen LogP contribution in [0.25, 0.3) is 17.0 Å². The van der Waals surface area contributed by atoms with Crippen molar-refractivity contribution >= 4 is 17.4 Å². The van der Waals surface area contributed by atoms with Crippen LogP contribution in [0.5, 0.6) is 0 Å². The van der Waals surface area contributed by atoms with E-state index < -0.39 is 0 Å². The summed E-state index contributed by atoms with van der Waals surface area (Å²) in [6.07, 6.45) is 3.62. The fourth-order valence-corrected chi connectivity index (χ4v) is 2.11. The van der Waals surface area contributed by atoms with Crippen molar-refractivity contribution in [1.29, 1.82) is 0 Å². The number of fused-ring (bicyclic) bond motifs is 1. The molecule has 3 rings (SSSR count). The van der Waals surface area contributed by atoms with Crippen molar-refractivity contribution in [3.63, 3.8) is 0 Å². The Hall–Kier alpha value is -1.87. The smallest absolute Gasteiger partial charge is 0.235 e. The molecule has 84 valence electrons. The zero-order valence-corrected chi connectivity index (χ0v) is 10.0. The van der Waals surface area contributed by atoms with E-state index in [4.69, 9.17) is 11.6 Å². The third kappa shape index (κ3) is 1.68. The molecule has 0 amide bonds. The van der Waals surface area contributed by atoms with E-state index in [1.165, 1.54) is 5.56 Å². The lowest BCUT2D eigenvalue weighted by Gasteiger charge is -2.02. The largest absolute Gasteiger partial charge is 0.282 e. The maximum Gasteiger partial charge on any atom is 0.235 e. The van der Waals surface area contributed by atoms with E-state index in [0.29, 0.717) is 10.9 Å². The Morgan fingerprint density at radius 1 is 1.18 bits per heavy atom. The second kappa shape index (κ2) is 3.86. The Bertz CT molecular complexity index is 671. The second-order valence-corrected chi connectivity index (χ2v) is 4.26. The van der Waals surface area contributed by atoms with E-state index in [-0.39, 0.29) is 0 Å². The Balaban J connectivity index is 2.29. The first-order chi connectivity index (χ1) is 8.25. The minimum absolute atomic E-state index is 0.479. The van der Waals surface area contributed by atoms with Gasteiger partial charge in [-0.05, 0) is 13.0 Å². The minimum atomic E-state index is 0.479. The molecule has 4 heteroatoms. The first-order valence-corrected chi connectivity index (χ1v) is 5.69. The summed E-state index contributed by atoms with van der Waals surface area (Å²) in [5, 5.41) is 0.479.